The van der Waals surface area contributed by atoms with Gasteiger partial charge >= 0.3 is 0 Å². The minimum atomic E-state index is 0.0844. The van der Waals surface area contributed by atoms with E-state index in [1.165, 1.54) is 16.7 Å². The van der Waals surface area contributed by atoms with Crippen LogP contribution in [0.15, 0.2) is 18.2 Å². The lowest BCUT2D eigenvalue weighted by Gasteiger charge is -2.09. The lowest BCUT2D eigenvalue weighted by Crippen LogP contribution is -2.21. The van der Waals surface area contributed by atoms with Crippen LogP contribution in [0, 0.1) is 26.2 Å². The summed E-state index contributed by atoms with van der Waals surface area (Å²) in [6.07, 6.45) is 6.73. The highest BCUT2D eigenvalue weighted by Gasteiger charge is 2.03. The largest absolute Gasteiger partial charge is 0.327 e. The van der Waals surface area contributed by atoms with Crippen molar-refractivity contribution in [3.8, 4) is 12.3 Å². The highest BCUT2D eigenvalue weighted by molar-refractivity contribution is 5.29. The van der Waals surface area contributed by atoms with Gasteiger partial charge in [-0.3, -0.25) is 0 Å². The van der Waals surface area contributed by atoms with Gasteiger partial charge in [-0.1, -0.05) is 29.3 Å². The Morgan fingerprint density at radius 2 is 1.86 bits per heavy atom. The second-order valence-electron chi connectivity index (χ2n) is 3.87. The molecule has 0 heterocycles. The van der Waals surface area contributed by atoms with Gasteiger partial charge in [0.25, 0.3) is 0 Å². The molecule has 0 spiro atoms. The summed E-state index contributed by atoms with van der Waals surface area (Å²) in [6, 6.07) is 6.59. The summed E-state index contributed by atoms with van der Waals surface area (Å²) in [6.45, 7) is 4.20. The third-order valence-corrected chi connectivity index (χ3v) is 2.16. The molecule has 0 aliphatic rings. The molecule has 14 heavy (non-hydrogen) atoms. The van der Waals surface area contributed by atoms with Gasteiger partial charge < -0.3 is 5.73 Å². The van der Waals surface area contributed by atoms with Gasteiger partial charge in [-0.25, -0.2) is 0 Å². The van der Waals surface area contributed by atoms with E-state index in [0.29, 0.717) is 6.42 Å². The molecule has 0 radical (unpaired) electrons. The lowest BCUT2D eigenvalue weighted by atomic mass is 10.0. The summed E-state index contributed by atoms with van der Waals surface area (Å²) in [5.74, 6) is 2.59. The molecule has 0 bridgehead atoms. The highest BCUT2D eigenvalue weighted by atomic mass is 14.6. The summed E-state index contributed by atoms with van der Waals surface area (Å²) in [5, 5.41) is 0. The van der Waals surface area contributed by atoms with E-state index < -0.39 is 0 Å². The van der Waals surface area contributed by atoms with E-state index >= 15 is 0 Å². The lowest BCUT2D eigenvalue weighted by molar-refractivity contribution is 0.689. The van der Waals surface area contributed by atoms with Crippen molar-refractivity contribution in [3.05, 3.63) is 34.9 Å². The van der Waals surface area contributed by atoms with Crippen LogP contribution >= 0.6 is 0 Å². The zero-order chi connectivity index (χ0) is 10.6. The Bertz CT molecular complexity index is 326. The average Bonchev–Trinajstić information content (AvgIpc) is 2.01. The van der Waals surface area contributed by atoms with Crippen molar-refractivity contribution >= 4 is 0 Å². The number of hydrogen-bond donors (Lipinski definition) is 1. The van der Waals surface area contributed by atoms with Crippen molar-refractivity contribution in [2.24, 2.45) is 5.73 Å². The quantitative estimate of drug-likeness (QED) is 0.721. The predicted octanol–water partition coefficient (Wildman–Crippen LogP) is 2.20. The van der Waals surface area contributed by atoms with Crippen LogP contribution in [0.2, 0.25) is 0 Å². The van der Waals surface area contributed by atoms with Crippen LogP contribution in [0.3, 0.4) is 0 Å². The van der Waals surface area contributed by atoms with Gasteiger partial charge in [0.2, 0.25) is 0 Å². The molecule has 0 aliphatic carbocycles. The van der Waals surface area contributed by atoms with Crippen LogP contribution < -0.4 is 5.73 Å². The number of benzene rings is 1. The fourth-order valence-corrected chi connectivity index (χ4v) is 1.71. The fraction of sp³-hybridized carbons (Fsp3) is 0.385. The molecule has 0 saturated carbocycles. The smallest absolute Gasteiger partial charge is 0.0241 e. The number of aryl methyl sites for hydroxylation is 2. The standard InChI is InChI=1S/C13H17N/c1-4-5-13(14)9-12-7-10(2)6-11(3)8-12/h1,6-8,13H,5,9,14H2,2-3H3. The van der Waals surface area contributed by atoms with Gasteiger partial charge in [0.1, 0.15) is 0 Å². The van der Waals surface area contributed by atoms with Crippen molar-refractivity contribution in [2.45, 2.75) is 32.7 Å². The normalized spacial score (nSPS) is 12.1. The predicted molar refractivity (Wildman–Crippen MR) is 61.0 cm³/mol. The second kappa shape index (κ2) is 4.83. The number of rotatable bonds is 3. The van der Waals surface area contributed by atoms with Crippen LogP contribution in [-0.2, 0) is 6.42 Å². The Morgan fingerprint density at radius 1 is 1.29 bits per heavy atom. The molecular weight excluding hydrogens is 170 g/mol. The maximum atomic E-state index is 5.87. The van der Waals surface area contributed by atoms with E-state index in [1.807, 2.05) is 0 Å². The third-order valence-electron chi connectivity index (χ3n) is 2.16. The Balaban J connectivity index is 2.72. The van der Waals surface area contributed by atoms with Gasteiger partial charge in [-0.05, 0) is 25.8 Å². The number of hydrogen-bond acceptors (Lipinski definition) is 1. The van der Waals surface area contributed by atoms with Crippen molar-refractivity contribution in [2.75, 3.05) is 0 Å². The maximum absolute atomic E-state index is 5.87. The molecule has 1 aromatic rings. The summed E-state index contributed by atoms with van der Waals surface area (Å²) in [7, 11) is 0. The molecule has 1 nitrogen and oxygen atoms in total. The first-order valence-electron chi connectivity index (χ1n) is 4.88. The summed E-state index contributed by atoms with van der Waals surface area (Å²) in [4.78, 5) is 0. The minimum Gasteiger partial charge on any atom is -0.327 e. The molecule has 74 valence electrons. The second-order valence-corrected chi connectivity index (χ2v) is 3.87. The summed E-state index contributed by atoms with van der Waals surface area (Å²) in [5.41, 5.74) is 9.73. The topological polar surface area (TPSA) is 26.0 Å². The molecule has 0 fully saturated rings. The van der Waals surface area contributed by atoms with Crippen molar-refractivity contribution in [1.29, 1.82) is 0 Å². The van der Waals surface area contributed by atoms with E-state index in [1.54, 1.807) is 0 Å². The Hall–Kier alpha value is -1.26. The minimum absolute atomic E-state index is 0.0844. The zero-order valence-electron chi connectivity index (χ0n) is 8.88. The molecule has 1 heteroatoms. The summed E-state index contributed by atoms with van der Waals surface area (Å²) >= 11 is 0. The van der Waals surface area contributed by atoms with Crippen LogP contribution in [0.25, 0.3) is 0 Å². The maximum Gasteiger partial charge on any atom is 0.0241 e. The monoisotopic (exact) mass is 187 g/mol. The van der Waals surface area contributed by atoms with Crippen molar-refractivity contribution in [1.82, 2.24) is 0 Å². The van der Waals surface area contributed by atoms with E-state index in [2.05, 4.69) is 38.0 Å². The highest BCUT2D eigenvalue weighted by Crippen LogP contribution is 2.11. The summed E-state index contributed by atoms with van der Waals surface area (Å²) < 4.78 is 0. The molecule has 0 amide bonds. The first-order valence-corrected chi connectivity index (χ1v) is 4.88. The van der Waals surface area contributed by atoms with Gasteiger partial charge in [0.05, 0.1) is 0 Å². The van der Waals surface area contributed by atoms with Gasteiger partial charge in [-0.15, -0.1) is 12.3 Å². The first-order chi connectivity index (χ1) is 6.61. The van der Waals surface area contributed by atoms with Gasteiger partial charge in [-0.2, -0.15) is 0 Å². The molecule has 1 atom stereocenters. The van der Waals surface area contributed by atoms with Crippen LogP contribution in [0.1, 0.15) is 23.1 Å². The SMILES string of the molecule is C#CCC(N)Cc1cc(C)cc(C)c1. The number of nitrogens with two attached hydrogens (primary N) is 1. The Morgan fingerprint density at radius 3 is 2.36 bits per heavy atom. The fourth-order valence-electron chi connectivity index (χ4n) is 1.71. The van der Waals surface area contributed by atoms with E-state index in [0.717, 1.165) is 6.42 Å². The molecular formula is C13H17N. The Kier molecular flexibility index (Phi) is 3.73. The average molecular weight is 187 g/mol. The molecule has 0 saturated heterocycles. The number of terminal acetylenes is 1. The Labute approximate surface area is 86.3 Å². The molecule has 1 aromatic carbocycles. The molecule has 0 aliphatic heterocycles. The van der Waals surface area contributed by atoms with Gasteiger partial charge in [0.15, 0.2) is 0 Å². The zero-order valence-corrected chi connectivity index (χ0v) is 8.88. The van der Waals surface area contributed by atoms with Crippen LogP contribution in [0.5, 0.6) is 0 Å². The van der Waals surface area contributed by atoms with Crippen LogP contribution in [0.4, 0.5) is 0 Å². The molecule has 1 rings (SSSR count). The molecule has 0 aromatic heterocycles. The molecule has 2 N–H and O–H groups in total. The van der Waals surface area contributed by atoms with E-state index in [4.69, 9.17) is 12.2 Å². The van der Waals surface area contributed by atoms with Crippen molar-refractivity contribution in [3.63, 3.8) is 0 Å². The van der Waals surface area contributed by atoms with Gasteiger partial charge in [0, 0.05) is 12.5 Å². The van der Waals surface area contributed by atoms with E-state index in [-0.39, 0.29) is 6.04 Å². The third kappa shape index (κ3) is 3.24. The molecule has 1 unspecified atom stereocenters. The van der Waals surface area contributed by atoms with E-state index in [9.17, 15) is 0 Å². The van der Waals surface area contributed by atoms with Crippen LogP contribution in [-0.4, -0.2) is 6.04 Å². The first kappa shape index (κ1) is 10.8. The van der Waals surface area contributed by atoms with Crippen molar-refractivity contribution < 1.29 is 0 Å².